The van der Waals surface area contributed by atoms with Crippen LogP contribution >= 0.6 is 0 Å². The maximum Gasteiger partial charge on any atom is 0.0547 e. The van der Waals surface area contributed by atoms with Crippen molar-refractivity contribution in [1.82, 2.24) is 10.2 Å². The molecule has 1 unspecified atom stereocenters. The molecule has 1 aromatic rings. The van der Waals surface area contributed by atoms with Crippen molar-refractivity contribution in [3.05, 3.63) is 35.7 Å². The van der Waals surface area contributed by atoms with E-state index in [2.05, 4.69) is 16.3 Å². The number of hydrogen-bond acceptors (Lipinski definition) is 3. The summed E-state index contributed by atoms with van der Waals surface area (Å²) in [4.78, 5) is 0. The molecule has 0 aliphatic heterocycles. The van der Waals surface area contributed by atoms with Crippen molar-refractivity contribution in [2.45, 2.75) is 31.7 Å². The van der Waals surface area contributed by atoms with Crippen LogP contribution in [0.3, 0.4) is 0 Å². The van der Waals surface area contributed by atoms with Gasteiger partial charge in [-0.1, -0.05) is 11.6 Å². The van der Waals surface area contributed by atoms with Crippen LogP contribution in [0.5, 0.6) is 0 Å². The number of allylic oxidation sites excluding steroid dienone is 1. The van der Waals surface area contributed by atoms with Gasteiger partial charge in [-0.15, -0.1) is 0 Å². The Hall–Kier alpha value is -1.22. The van der Waals surface area contributed by atoms with Gasteiger partial charge in [0.1, 0.15) is 0 Å². The number of hydrogen-bond donors (Lipinski definition) is 1. The Morgan fingerprint density at radius 1 is 1.29 bits per heavy atom. The minimum Gasteiger partial charge on any atom is -0.320 e. The van der Waals surface area contributed by atoms with Crippen molar-refractivity contribution in [1.29, 1.82) is 0 Å². The fraction of sp³-hybridized carbons (Fsp3) is 0.455. The van der Waals surface area contributed by atoms with Crippen molar-refractivity contribution >= 4 is 0 Å². The summed E-state index contributed by atoms with van der Waals surface area (Å²) in [6.45, 7) is 0. The summed E-state index contributed by atoms with van der Waals surface area (Å²) < 4.78 is 0. The van der Waals surface area contributed by atoms with Crippen molar-refractivity contribution < 1.29 is 0 Å². The molecule has 3 nitrogen and oxygen atoms in total. The minimum atomic E-state index is 0.0193. The fourth-order valence-corrected chi connectivity index (χ4v) is 1.84. The maximum absolute atomic E-state index is 6.13. The van der Waals surface area contributed by atoms with Crippen molar-refractivity contribution in [3.63, 3.8) is 0 Å². The molecule has 1 heterocycles. The van der Waals surface area contributed by atoms with E-state index in [9.17, 15) is 0 Å². The van der Waals surface area contributed by atoms with E-state index >= 15 is 0 Å². The summed E-state index contributed by atoms with van der Waals surface area (Å²) in [7, 11) is 0. The Balaban J connectivity index is 2.15. The molecule has 0 saturated heterocycles. The van der Waals surface area contributed by atoms with Crippen LogP contribution in [0.1, 0.15) is 37.3 Å². The minimum absolute atomic E-state index is 0.0193. The molecule has 0 amide bonds. The molecular formula is C11H15N3. The van der Waals surface area contributed by atoms with Crippen LogP contribution in [-0.2, 0) is 0 Å². The Kier molecular flexibility index (Phi) is 2.89. The zero-order chi connectivity index (χ0) is 9.80. The maximum atomic E-state index is 6.13. The average molecular weight is 189 g/mol. The van der Waals surface area contributed by atoms with E-state index in [4.69, 9.17) is 5.73 Å². The summed E-state index contributed by atoms with van der Waals surface area (Å²) in [5, 5.41) is 7.59. The Labute approximate surface area is 84.0 Å². The van der Waals surface area contributed by atoms with Crippen LogP contribution in [0.4, 0.5) is 0 Å². The third-order valence-corrected chi connectivity index (χ3v) is 2.69. The second-order valence-corrected chi connectivity index (χ2v) is 3.68. The quantitative estimate of drug-likeness (QED) is 0.724. The number of nitrogens with zero attached hydrogens (tertiary/aromatic N) is 2. The third kappa shape index (κ3) is 1.99. The lowest BCUT2D eigenvalue weighted by molar-refractivity contribution is 0.646. The van der Waals surface area contributed by atoms with Crippen molar-refractivity contribution in [2.75, 3.05) is 0 Å². The summed E-state index contributed by atoms with van der Waals surface area (Å²) in [6.07, 6.45) is 10.6. The number of aromatic nitrogens is 2. The molecule has 2 rings (SSSR count). The van der Waals surface area contributed by atoms with Gasteiger partial charge in [0.25, 0.3) is 0 Å². The van der Waals surface area contributed by atoms with E-state index in [-0.39, 0.29) is 6.04 Å². The van der Waals surface area contributed by atoms with Crippen LogP contribution in [0.15, 0.2) is 30.1 Å². The predicted molar refractivity (Wildman–Crippen MR) is 55.5 cm³/mol. The smallest absolute Gasteiger partial charge is 0.0547 e. The second-order valence-electron chi connectivity index (χ2n) is 3.68. The van der Waals surface area contributed by atoms with Gasteiger partial charge in [0.2, 0.25) is 0 Å². The number of nitrogens with two attached hydrogens (primary N) is 1. The van der Waals surface area contributed by atoms with Crippen LogP contribution < -0.4 is 5.73 Å². The third-order valence-electron chi connectivity index (χ3n) is 2.69. The Morgan fingerprint density at radius 2 is 2.21 bits per heavy atom. The van der Waals surface area contributed by atoms with E-state index in [0.717, 1.165) is 12.0 Å². The first-order chi connectivity index (χ1) is 6.88. The molecule has 0 aromatic carbocycles. The fourth-order valence-electron chi connectivity index (χ4n) is 1.84. The molecule has 14 heavy (non-hydrogen) atoms. The molecule has 1 aliphatic rings. The largest absolute Gasteiger partial charge is 0.320 e. The molecule has 1 aromatic heterocycles. The summed E-state index contributed by atoms with van der Waals surface area (Å²) in [6, 6.07) is 1.96. The standard InChI is InChI=1S/C11H15N3/c12-11(9-4-2-1-3-5-9)10-6-7-13-14-8-10/h4,6-8,11H,1-3,5,12H2. The van der Waals surface area contributed by atoms with Crippen molar-refractivity contribution in [2.24, 2.45) is 5.73 Å². The van der Waals surface area contributed by atoms with Gasteiger partial charge in [0, 0.05) is 6.20 Å². The Bertz CT molecular complexity index is 319. The molecule has 0 bridgehead atoms. The van der Waals surface area contributed by atoms with Crippen LogP contribution in [-0.4, -0.2) is 10.2 Å². The lowest BCUT2D eigenvalue weighted by Crippen LogP contribution is -2.15. The van der Waals surface area contributed by atoms with Gasteiger partial charge < -0.3 is 5.73 Å². The summed E-state index contributed by atoms with van der Waals surface area (Å²) in [5.74, 6) is 0. The highest BCUT2D eigenvalue weighted by Crippen LogP contribution is 2.27. The van der Waals surface area contributed by atoms with Crippen LogP contribution in [0.25, 0.3) is 0 Å². The van der Waals surface area contributed by atoms with Gasteiger partial charge in [-0.25, -0.2) is 0 Å². The van der Waals surface area contributed by atoms with Gasteiger partial charge in [0.15, 0.2) is 0 Å². The molecule has 0 fully saturated rings. The second kappa shape index (κ2) is 4.33. The molecule has 2 N–H and O–H groups in total. The first-order valence-corrected chi connectivity index (χ1v) is 5.09. The highest BCUT2D eigenvalue weighted by Gasteiger charge is 2.13. The molecule has 0 radical (unpaired) electrons. The highest BCUT2D eigenvalue weighted by molar-refractivity contribution is 5.24. The molecule has 74 valence electrons. The van der Waals surface area contributed by atoms with Gasteiger partial charge >= 0.3 is 0 Å². The molecule has 1 atom stereocenters. The lowest BCUT2D eigenvalue weighted by atomic mass is 9.91. The molecule has 0 saturated carbocycles. The molecule has 3 heteroatoms. The van der Waals surface area contributed by atoms with Crippen LogP contribution in [0, 0.1) is 0 Å². The van der Waals surface area contributed by atoms with E-state index < -0.39 is 0 Å². The molecule has 0 spiro atoms. The van der Waals surface area contributed by atoms with Gasteiger partial charge in [0.05, 0.1) is 12.2 Å². The highest BCUT2D eigenvalue weighted by atomic mass is 15.1. The molecular weight excluding hydrogens is 174 g/mol. The van der Waals surface area contributed by atoms with Crippen molar-refractivity contribution in [3.8, 4) is 0 Å². The van der Waals surface area contributed by atoms with Gasteiger partial charge in [-0.3, -0.25) is 0 Å². The zero-order valence-corrected chi connectivity index (χ0v) is 8.19. The summed E-state index contributed by atoms with van der Waals surface area (Å²) >= 11 is 0. The van der Waals surface area contributed by atoms with Gasteiger partial charge in [-0.05, 0) is 37.3 Å². The predicted octanol–water partition coefficient (Wildman–Crippen LogP) is 1.98. The molecule has 1 aliphatic carbocycles. The summed E-state index contributed by atoms with van der Waals surface area (Å²) in [5.41, 5.74) is 8.55. The normalized spacial score (nSPS) is 18.8. The van der Waals surface area contributed by atoms with Gasteiger partial charge in [-0.2, -0.15) is 10.2 Å². The SMILES string of the molecule is NC(C1=CCCCC1)c1ccnnc1. The van der Waals surface area contributed by atoms with Crippen LogP contribution in [0.2, 0.25) is 0 Å². The first-order valence-electron chi connectivity index (χ1n) is 5.09. The zero-order valence-electron chi connectivity index (χ0n) is 8.19. The lowest BCUT2D eigenvalue weighted by Gasteiger charge is -2.19. The Morgan fingerprint density at radius 3 is 2.86 bits per heavy atom. The van der Waals surface area contributed by atoms with E-state index in [1.165, 1.54) is 24.8 Å². The number of rotatable bonds is 2. The monoisotopic (exact) mass is 189 g/mol. The van der Waals surface area contributed by atoms with E-state index in [0.29, 0.717) is 0 Å². The average Bonchev–Trinajstić information content (AvgIpc) is 2.30. The topological polar surface area (TPSA) is 51.8 Å². The van der Waals surface area contributed by atoms with E-state index in [1.54, 1.807) is 12.4 Å². The first kappa shape index (κ1) is 9.34. The van der Waals surface area contributed by atoms with E-state index in [1.807, 2.05) is 6.07 Å².